The zero-order chi connectivity index (χ0) is 11.7. The van der Waals surface area contributed by atoms with Gasteiger partial charge < -0.3 is 5.43 Å². The minimum absolute atomic E-state index is 0.267. The molecule has 1 aromatic carbocycles. The highest BCUT2D eigenvalue weighted by Gasteiger charge is 2.11. The lowest BCUT2D eigenvalue weighted by Gasteiger charge is -2.10. The quantitative estimate of drug-likeness (QED) is 0.656. The van der Waals surface area contributed by atoms with Gasteiger partial charge in [-0.2, -0.15) is 0 Å². The smallest absolute Gasteiger partial charge is 0.151 e. The van der Waals surface area contributed by atoms with Gasteiger partial charge in [-0.1, -0.05) is 19.9 Å². The Morgan fingerprint density at radius 2 is 2.06 bits per heavy atom. The van der Waals surface area contributed by atoms with Crippen LogP contribution in [0.3, 0.4) is 0 Å². The Morgan fingerprint density at radius 1 is 1.31 bits per heavy atom. The van der Waals surface area contributed by atoms with Crippen LogP contribution in [0.15, 0.2) is 22.7 Å². The van der Waals surface area contributed by atoms with Crippen molar-refractivity contribution in [3.8, 4) is 0 Å². The second-order valence-corrected chi connectivity index (χ2v) is 4.72. The van der Waals surface area contributed by atoms with E-state index < -0.39 is 0 Å². The van der Waals surface area contributed by atoms with E-state index >= 15 is 0 Å². The molecule has 0 bridgehead atoms. The molecule has 0 aliphatic heterocycles. The maximum atomic E-state index is 5.48. The Labute approximate surface area is 102 Å². The summed E-state index contributed by atoms with van der Waals surface area (Å²) in [6.45, 7) is 4.11. The second kappa shape index (κ2) is 4.35. The second-order valence-electron chi connectivity index (χ2n) is 3.87. The number of hydrogen-bond donors (Lipinski definition) is 2. The molecule has 0 aliphatic carbocycles. The minimum atomic E-state index is 0.267. The van der Waals surface area contributed by atoms with Crippen LogP contribution in [0.1, 0.15) is 25.6 Å². The Bertz CT molecular complexity index is 525. The van der Waals surface area contributed by atoms with E-state index in [1.807, 2.05) is 18.2 Å². The lowest BCUT2D eigenvalue weighted by atomic mass is 10.2. The third-order valence-corrected chi connectivity index (χ3v) is 2.99. The van der Waals surface area contributed by atoms with Crippen molar-refractivity contribution in [2.45, 2.75) is 19.8 Å². The van der Waals surface area contributed by atoms with E-state index in [4.69, 9.17) is 5.84 Å². The summed E-state index contributed by atoms with van der Waals surface area (Å²) in [4.78, 5) is 8.92. The van der Waals surface area contributed by atoms with Crippen LogP contribution >= 0.6 is 15.9 Å². The van der Waals surface area contributed by atoms with Gasteiger partial charge in [-0.3, -0.25) is 0 Å². The summed E-state index contributed by atoms with van der Waals surface area (Å²) in [5.74, 6) is 7.19. The summed E-state index contributed by atoms with van der Waals surface area (Å²) in [5, 5.41) is 0.918. The zero-order valence-corrected chi connectivity index (χ0v) is 10.7. The largest absolute Gasteiger partial charge is 0.308 e. The average Bonchev–Trinajstić information content (AvgIpc) is 2.28. The number of para-hydroxylation sites is 1. The number of anilines is 1. The molecule has 1 heterocycles. The topological polar surface area (TPSA) is 63.8 Å². The SMILES string of the molecule is CC(C)c1nc(NN)c2cccc(Br)c2n1. The van der Waals surface area contributed by atoms with E-state index in [2.05, 4.69) is 45.2 Å². The van der Waals surface area contributed by atoms with Crippen molar-refractivity contribution >= 4 is 32.7 Å². The zero-order valence-electron chi connectivity index (χ0n) is 9.16. The average molecular weight is 281 g/mol. The Morgan fingerprint density at radius 3 is 2.69 bits per heavy atom. The minimum Gasteiger partial charge on any atom is -0.308 e. The Hall–Kier alpha value is -1.20. The number of hydrazine groups is 1. The van der Waals surface area contributed by atoms with Gasteiger partial charge >= 0.3 is 0 Å². The van der Waals surface area contributed by atoms with E-state index in [9.17, 15) is 0 Å². The molecule has 0 saturated heterocycles. The first-order valence-electron chi connectivity index (χ1n) is 5.06. The van der Waals surface area contributed by atoms with Gasteiger partial charge in [-0.25, -0.2) is 15.8 Å². The summed E-state index contributed by atoms with van der Waals surface area (Å²) < 4.78 is 0.950. The number of rotatable bonds is 2. The van der Waals surface area contributed by atoms with Crippen molar-refractivity contribution in [3.05, 3.63) is 28.5 Å². The highest BCUT2D eigenvalue weighted by atomic mass is 79.9. The number of nitrogens with one attached hydrogen (secondary N) is 1. The molecule has 5 heteroatoms. The van der Waals surface area contributed by atoms with Crippen LogP contribution in [0.2, 0.25) is 0 Å². The number of nitrogen functional groups attached to an aromatic ring is 1. The third-order valence-electron chi connectivity index (χ3n) is 2.35. The summed E-state index contributed by atoms with van der Waals surface area (Å²) in [5.41, 5.74) is 3.50. The molecule has 4 nitrogen and oxygen atoms in total. The lowest BCUT2D eigenvalue weighted by Crippen LogP contribution is -2.11. The number of halogens is 1. The van der Waals surface area contributed by atoms with Gasteiger partial charge in [0.15, 0.2) is 5.82 Å². The first kappa shape index (κ1) is 11.3. The molecule has 0 unspecified atom stereocenters. The van der Waals surface area contributed by atoms with E-state index in [1.54, 1.807) is 0 Å². The number of benzene rings is 1. The fourth-order valence-electron chi connectivity index (χ4n) is 1.50. The number of fused-ring (bicyclic) bond motifs is 1. The predicted octanol–water partition coefficient (Wildman–Crippen LogP) is 2.80. The summed E-state index contributed by atoms with van der Waals surface area (Å²) in [6.07, 6.45) is 0. The maximum absolute atomic E-state index is 5.48. The van der Waals surface area contributed by atoms with Crippen LogP contribution < -0.4 is 11.3 Å². The molecule has 84 valence electrons. The lowest BCUT2D eigenvalue weighted by molar-refractivity contribution is 0.783. The molecule has 1 aromatic heterocycles. The van der Waals surface area contributed by atoms with Gasteiger partial charge in [0.25, 0.3) is 0 Å². The van der Waals surface area contributed by atoms with Crippen molar-refractivity contribution in [2.75, 3.05) is 5.43 Å². The Balaban J connectivity index is 2.79. The van der Waals surface area contributed by atoms with Gasteiger partial charge in [-0.05, 0) is 28.1 Å². The number of hydrogen-bond acceptors (Lipinski definition) is 4. The molecular weight excluding hydrogens is 268 g/mol. The van der Waals surface area contributed by atoms with E-state index in [1.165, 1.54) is 0 Å². The van der Waals surface area contributed by atoms with Gasteiger partial charge in [0, 0.05) is 15.8 Å². The molecule has 0 atom stereocenters. The van der Waals surface area contributed by atoms with Crippen molar-refractivity contribution in [1.29, 1.82) is 0 Å². The van der Waals surface area contributed by atoms with Crippen LogP contribution in [-0.4, -0.2) is 9.97 Å². The predicted molar refractivity (Wildman–Crippen MR) is 69.1 cm³/mol. The van der Waals surface area contributed by atoms with Crippen LogP contribution in [0, 0.1) is 0 Å². The fourth-order valence-corrected chi connectivity index (χ4v) is 1.96. The molecular formula is C11H13BrN4. The molecule has 0 saturated carbocycles. The number of nitrogens with two attached hydrogens (primary N) is 1. The fraction of sp³-hybridized carbons (Fsp3) is 0.273. The highest BCUT2D eigenvalue weighted by molar-refractivity contribution is 9.10. The first-order chi connectivity index (χ1) is 7.63. The molecule has 0 spiro atoms. The molecule has 16 heavy (non-hydrogen) atoms. The van der Waals surface area contributed by atoms with E-state index in [-0.39, 0.29) is 5.92 Å². The van der Waals surface area contributed by atoms with Gasteiger partial charge in [0.05, 0.1) is 5.52 Å². The van der Waals surface area contributed by atoms with E-state index in [0.717, 1.165) is 21.2 Å². The third kappa shape index (κ3) is 1.88. The van der Waals surface area contributed by atoms with Crippen LogP contribution in [-0.2, 0) is 0 Å². The van der Waals surface area contributed by atoms with Crippen molar-refractivity contribution in [2.24, 2.45) is 5.84 Å². The van der Waals surface area contributed by atoms with Gasteiger partial charge in [-0.15, -0.1) is 0 Å². The number of aromatic nitrogens is 2. The molecule has 2 aromatic rings. The summed E-state index contributed by atoms with van der Waals surface area (Å²) in [6, 6.07) is 5.84. The summed E-state index contributed by atoms with van der Waals surface area (Å²) >= 11 is 3.48. The van der Waals surface area contributed by atoms with Crippen molar-refractivity contribution in [1.82, 2.24) is 9.97 Å². The Kier molecular flexibility index (Phi) is 3.07. The van der Waals surface area contributed by atoms with E-state index in [0.29, 0.717) is 5.82 Å². The monoisotopic (exact) mass is 280 g/mol. The van der Waals surface area contributed by atoms with Crippen molar-refractivity contribution in [3.63, 3.8) is 0 Å². The van der Waals surface area contributed by atoms with Crippen LogP contribution in [0.25, 0.3) is 10.9 Å². The maximum Gasteiger partial charge on any atom is 0.151 e. The summed E-state index contributed by atoms with van der Waals surface area (Å²) in [7, 11) is 0. The molecule has 2 rings (SSSR count). The van der Waals surface area contributed by atoms with Crippen LogP contribution in [0.5, 0.6) is 0 Å². The standard InChI is InChI=1S/C11H13BrN4/c1-6(2)10-14-9-7(11(15-10)16-13)4-3-5-8(9)12/h3-6H,13H2,1-2H3,(H,14,15,16). The molecule has 3 N–H and O–H groups in total. The molecule has 0 radical (unpaired) electrons. The normalized spacial score (nSPS) is 11.1. The molecule has 0 fully saturated rings. The van der Waals surface area contributed by atoms with Crippen LogP contribution in [0.4, 0.5) is 5.82 Å². The molecule has 0 amide bonds. The highest BCUT2D eigenvalue weighted by Crippen LogP contribution is 2.27. The first-order valence-corrected chi connectivity index (χ1v) is 5.85. The van der Waals surface area contributed by atoms with Gasteiger partial charge in [0.2, 0.25) is 0 Å². The molecule has 0 aliphatic rings. The van der Waals surface area contributed by atoms with Gasteiger partial charge in [0.1, 0.15) is 5.82 Å². The number of nitrogens with zero attached hydrogens (tertiary/aromatic N) is 2. The van der Waals surface area contributed by atoms with Crippen molar-refractivity contribution < 1.29 is 0 Å².